The van der Waals surface area contributed by atoms with Gasteiger partial charge in [-0.3, -0.25) is 0 Å². The summed E-state index contributed by atoms with van der Waals surface area (Å²) in [6.07, 6.45) is 4.25. The van der Waals surface area contributed by atoms with E-state index in [4.69, 9.17) is 4.74 Å². The van der Waals surface area contributed by atoms with Gasteiger partial charge in [0.15, 0.2) is 5.82 Å². The zero-order valence-corrected chi connectivity index (χ0v) is 14.3. The number of carbonyl (C=O) groups is 1. The second-order valence-corrected chi connectivity index (χ2v) is 6.03. The molecule has 1 aliphatic heterocycles. The van der Waals surface area contributed by atoms with Crippen molar-refractivity contribution in [1.82, 2.24) is 24.6 Å². The number of hydrogen-bond donors (Lipinski definition) is 1. The highest BCUT2D eigenvalue weighted by Crippen LogP contribution is 2.23. The Balaban J connectivity index is 1.39. The average molecular weight is 368 g/mol. The minimum Gasteiger partial charge on any atom is -0.370 e. The van der Waals surface area contributed by atoms with Crippen molar-refractivity contribution in [2.45, 2.75) is 6.10 Å². The normalized spacial score (nSPS) is 16.9. The molecule has 0 bridgehead atoms. The van der Waals surface area contributed by atoms with Gasteiger partial charge in [0.05, 0.1) is 25.0 Å². The first-order valence-electron chi connectivity index (χ1n) is 8.43. The molecule has 1 aromatic carbocycles. The summed E-state index contributed by atoms with van der Waals surface area (Å²) in [6.45, 7) is 1.29. The summed E-state index contributed by atoms with van der Waals surface area (Å²) < 4.78 is 20.3. The molecule has 0 unspecified atom stereocenters. The molecule has 1 saturated heterocycles. The van der Waals surface area contributed by atoms with Crippen LogP contribution in [0.15, 0.2) is 55.2 Å². The molecule has 3 aromatic rings. The van der Waals surface area contributed by atoms with Gasteiger partial charge in [-0.25, -0.2) is 23.8 Å². The van der Waals surface area contributed by atoms with Crippen LogP contribution in [0.4, 0.5) is 14.9 Å². The molecule has 0 saturated carbocycles. The Labute approximate surface area is 154 Å². The number of halogens is 1. The molecule has 0 spiro atoms. The van der Waals surface area contributed by atoms with E-state index in [2.05, 4.69) is 20.4 Å². The largest absolute Gasteiger partial charge is 0.370 e. The van der Waals surface area contributed by atoms with E-state index in [-0.39, 0.29) is 18.0 Å². The zero-order chi connectivity index (χ0) is 18.6. The van der Waals surface area contributed by atoms with Gasteiger partial charge in [-0.2, -0.15) is 5.10 Å². The number of rotatable bonds is 3. The number of nitrogens with zero attached hydrogens (tertiary/aromatic N) is 5. The lowest BCUT2D eigenvalue weighted by atomic mass is 10.1. The van der Waals surface area contributed by atoms with Gasteiger partial charge < -0.3 is 15.0 Å². The van der Waals surface area contributed by atoms with E-state index >= 15 is 0 Å². The molecule has 1 aliphatic rings. The minimum absolute atomic E-state index is 0.235. The van der Waals surface area contributed by atoms with Gasteiger partial charge in [0.1, 0.15) is 24.6 Å². The number of carbonyl (C=O) groups excluding carboxylic acids is 1. The van der Waals surface area contributed by atoms with Crippen LogP contribution < -0.4 is 5.32 Å². The molecule has 27 heavy (non-hydrogen) atoms. The molecule has 2 aromatic heterocycles. The Hall–Kier alpha value is -3.33. The van der Waals surface area contributed by atoms with E-state index in [0.717, 1.165) is 5.56 Å². The molecule has 3 heterocycles. The second kappa shape index (κ2) is 7.50. The van der Waals surface area contributed by atoms with Crippen LogP contribution in [0.1, 0.15) is 11.7 Å². The molecule has 4 rings (SSSR count). The van der Waals surface area contributed by atoms with Gasteiger partial charge in [-0.15, -0.1) is 0 Å². The number of anilines is 1. The molecular weight excluding hydrogens is 351 g/mol. The van der Waals surface area contributed by atoms with E-state index in [9.17, 15) is 9.18 Å². The maximum absolute atomic E-state index is 13.1. The SMILES string of the molecule is O=C(Nc1ccc(-n2cncn2)nc1)N1CCO[C@H](c2ccc(F)cc2)C1. The molecular formula is C18H17FN6O2. The van der Waals surface area contributed by atoms with Gasteiger partial charge in [-0.1, -0.05) is 12.1 Å². The van der Waals surface area contributed by atoms with Crippen molar-refractivity contribution in [3.05, 3.63) is 66.6 Å². The maximum atomic E-state index is 13.1. The summed E-state index contributed by atoms with van der Waals surface area (Å²) >= 11 is 0. The van der Waals surface area contributed by atoms with Crippen LogP contribution in [0.3, 0.4) is 0 Å². The molecule has 8 nitrogen and oxygen atoms in total. The van der Waals surface area contributed by atoms with Crippen LogP contribution in [-0.2, 0) is 4.74 Å². The van der Waals surface area contributed by atoms with Crippen LogP contribution in [0, 0.1) is 5.82 Å². The number of amides is 2. The van der Waals surface area contributed by atoms with Gasteiger partial charge >= 0.3 is 6.03 Å². The Morgan fingerprint density at radius 3 is 2.78 bits per heavy atom. The number of hydrogen-bond acceptors (Lipinski definition) is 5. The highest BCUT2D eigenvalue weighted by atomic mass is 19.1. The van der Waals surface area contributed by atoms with Crippen LogP contribution in [0.2, 0.25) is 0 Å². The number of benzene rings is 1. The fraction of sp³-hybridized carbons (Fsp3) is 0.222. The fourth-order valence-corrected chi connectivity index (χ4v) is 2.84. The van der Waals surface area contributed by atoms with E-state index in [1.807, 2.05) is 0 Å². The quantitative estimate of drug-likeness (QED) is 0.767. The summed E-state index contributed by atoms with van der Waals surface area (Å²) in [4.78, 5) is 22.4. The maximum Gasteiger partial charge on any atom is 0.322 e. The van der Waals surface area contributed by atoms with Crippen molar-refractivity contribution in [1.29, 1.82) is 0 Å². The third kappa shape index (κ3) is 3.93. The summed E-state index contributed by atoms with van der Waals surface area (Å²) in [6, 6.07) is 9.38. The highest BCUT2D eigenvalue weighted by Gasteiger charge is 2.25. The van der Waals surface area contributed by atoms with Crippen molar-refractivity contribution < 1.29 is 13.9 Å². The molecule has 1 fully saturated rings. The van der Waals surface area contributed by atoms with E-state index < -0.39 is 0 Å². The molecule has 1 atom stereocenters. The fourth-order valence-electron chi connectivity index (χ4n) is 2.84. The van der Waals surface area contributed by atoms with E-state index in [1.165, 1.54) is 23.1 Å². The first-order chi connectivity index (χ1) is 13.2. The third-order valence-corrected chi connectivity index (χ3v) is 4.25. The second-order valence-electron chi connectivity index (χ2n) is 6.03. The predicted molar refractivity (Wildman–Crippen MR) is 94.8 cm³/mol. The summed E-state index contributed by atoms with van der Waals surface area (Å²) in [5.41, 5.74) is 1.42. The lowest BCUT2D eigenvalue weighted by Gasteiger charge is -2.33. The van der Waals surface area contributed by atoms with Gasteiger partial charge in [-0.05, 0) is 29.8 Å². The molecule has 0 aliphatic carbocycles. The minimum atomic E-state index is -0.300. The molecule has 138 valence electrons. The average Bonchev–Trinajstić information content (AvgIpc) is 3.24. The Bertz CT molecular complexity index is 899. The highest BCUT2D eigenvalue weighted by molar-refractivity contribution is 5.89. The lowest BCUT2D eigenvalue weighted by molar-refractivity contribution is -0.0135. The smallest absolute Gasteiger partial charge is 0.322 e. The van der Waals surface area contributed by atoms with Crippen molar-refractivity contribution in [3.8, 4) is 5.82 Å². The van der Waals surface area contributed by atoms with Gasteiger partial charge in [0, 0.05) is 6.54 Å². The van der Waals surface area contributed by atoms with Gasteiger partial charge in [0.25, 0.3) is 0 Å². The number of aromatic nitrogens is 4. The summed E-state index contributed by atoms with van der Waals surface area (Å²) in [5.74, 6) is 0.305. The number of morpholine rings is 1. The van der Waals surface area contributed by atoms with Crippen LogP contribution in [0.25, 0.3) is 5.82 Å². The Kier molecular flexibility index (Phi) is 4.75. The monoisotopic (exact) mass is 368 g/mol. The zero-order valence-electron chi connectivity index (χ0n) is 14.3. The Morgan fingerprint density at radius 1 is 1.22 bits per heavy atom. The number of nitrogens with one attached hydrogen (secondary N) is 1. The summed E-state index contributed by atoms with van der Waals surface area (Å²) in [5, 5.41) is 6.83. The van der Waals surface area contributed by atoms with Crippen molar-refractivity contribution in [2.24, 2.45) is 0 Å². The molecule has 2 amide bonds. The first-order valence-corrected chi connectivity index (χ1v) is 8.43. The predicted octanol–water partition coefficient (Wildman–Crippen LogP) is 2.41. The van der Waals surface area contributed by atoms with Crippen molar-refractivity contribution in [3.63, 3.8) is 0 Å². The van der Waals surface area contributed by atoms with Gasteiger partial charge in [0.2, 0.25) is 0 Å². The Morgan fingerprint density at radius 2 is 2.07 bits per heavy atom. The number of urea groups is 1. The van der Waals surface area contributed by atoms with E-state index in [0.29, 0.717) is 31.2 Å². The number of ether oxygens (including phenoxy) is 1. The van der Waals surface area contributed by atoms with Crippen LogP contribution in [-0.4, -0.2) is 50.4 Å². The van der Waals surface area contributed by atoms with Crippen LogP contribution >= 0.6 is 0 Å². The molecule has 0 radical (unpaired) electrons. The standard InChI is InChI=1S/C18H17FN6O2/c19-14-3-1-13(2-4-14)16-10-24(7-8-27-16)18(26)23-15-5-6-17(21-9-15)25-12-20-11-22-25/h1-6,9,11-12,16H,7-8,10H2,(H,23,26)/t16-/m0/s1. The van der Waals surface area contributed by atoms with E-state index in [1.54, 1.807) is 41.7 Å². The molecule has 1 N–H and O–H groups in total. The third-order valence-electron chi connectivity index (χ3n) is 4.25. The van der Waals surface area contributed by atoms with Crippen molar-refractivity contribution in [2.75, 3.05) is 25.0 Å². The van der Waals surface area contributed by atoms with Crippen LogP contribution in [0.5, 0.6) is 0 Å². The van der Waals surface area contributed by atoms with Crippen molar-refractivity contribution >= 4 is 11.7 Å². The summed E-state index contributed by atoms with van der Waals surface area (Å²) in [7, 11) is 0. The number of pyridine rings is 1. The lowest BCUT2D eigenvalue weighted by Crippen LogP contribution is -2.44. The topological polar surface area (TPSA) is 85.2 Å². The molecule has 9 heteroatoms. The first kappa shape index (κ1) is 17.1.